The van der Waals surface area contributed by atoms with Crippen LogP contribution in [0.15, 0.2) is 36.8 Å². The second-order valence-corrected chi connectivity index (χ2v) is 9.47. The third-order valence-corrected chi connectivity index (χ3v) is 6.54. The van der Waals surface area contributed by atoms with Crippen LogP contribution in [-0.4, -0.2) is 80.5 Å². The van der Waals surface area contributed by atoms with E-state index in [-0.39, 0.29) is 0 Å². The minimum absolute atomic E-state index is 0.465. The fourth-order valence-electron chi connectivity index (χ4n) is 4.45. The number of piperidine rings is 2. The van der Waals surface area contributed by atoms with Gasteiger partial charge in [0.1, 0.15) is 0 Å². The van der Waals surface area contributed by atoms with Crippen LogP contribution in [0.3, 0.4) is 0 Å². The first-order chi connectivity index (χ1) is 18.6. The first-order valence-corrected chi connectivity index (χ1v) is 12.4. The van der Waals surface area contributed by atoms with Crippen LogP contribution in [-0.2, 0) is 22.6 Å². The number of nitrogens with zero attached hydrogens (tertiary/aromatic N) is 5. The number of pyridine rings is 1. The Morgan fingerprint density at radius 3 is 1.90 bits per heavy atom. The molecule has 2 N–H and O–H groups in total. The van der Waals surface area contributed by atoms with Crippen LogP contribution < -0.4 is 4.90 Å². The zero-order valence-corrected chi connectivity index (χ0v) is 21.7. The van der Waals surface area contributed by atoms with E-state index >= 15 is 0 Å². The summed E-state index contributed by atoms with van der Waals surface area (Å²) in [5.74, 6) is -4.61. The van der Waals surface area contributed by atoms with Gasteiger partial charge in [-0.2, -0.15) is 26.3 Å². The summed E-state index contributed by atoms with van der Waals surface area (Å²) in [5.41, 5.74) is 2.86. The predicted octanol–water partition coefficient (Wildman–Crippen LogP) is 4.58. The van der Waals surface area contributed by atoms with Crippen LogP contribution in [0, 0.1) is 5.41 Å². The number of hydrogen-bond acceptors (Lipinski definition) is 7. The van der Waals surface area contributed by atoms with E-state index < -0.39 is 24.3 Å². The van der Waals surface area contributed by atoms with Crippen molar-refractivity contribution >= 4 is 17.9 Å². The van der Waals surface area contributed by atoms with Gasteiger partial charge >= 0.3 is 24.3 Å². The molecule has 222 valence electrons. The molecular weight excluding hydrogens is 548 g/mol. The first-order valence-electron chi connectivity index (χ1n) is 12.4. The van der Waals surface area contributed by atoms with Crippen LogP contribution >= 0.6 is 0 Å². The number of aliphatic carboxylic acids is 2. The number of carboxylic acid groups (broad SMARTS) is 2. The van der Waals surface area contributed by atoms with E-state index in [1.54, 1.807) is 0 Å². The molecule has 2 saturated heterocycles. The van der Waals surface area contributed by atoms with Crippen LogP contribution in [0.4, 0.5) is 32.3 Å². The van der Waals surface area contributed by atoms with Crippen molar-refractivity contribution in [1.29, 1.82) is 0 Å². The highest BCUT2D eigenvalue weighted by molar-refractivity contribution is 5.73. The molecule has 2 aliphatic heterocycles. The highest BCUT2D eigenvalue weighted by Gasteiger charge is 2.40. The molecule has 15 heteroatoms. The van der Waals surface area contributed by atoms with E-state index in [1.807, 2.05) is 24.7 Å². The van der Waals surface area contributed by atoms with E-state index in [0.717, 1.165) is 32.0 Å². The molecule has 2 aliphatic rings. The number of alkyl halides is 6. The van der Waals surface area contributed by atoms with Crippen LogP contribution in [0.2, 0.25) is 0 Å². The Kier molecular flexibility index (Phi) is 11.6. The minimum atomic E-state index is -5.08. The summed E-state index contributed by atoms with van der Waals surface area (Å²) < 4.78 is 63.5. The lowest BCUT2D eigenvalue weighted by Gasteiger charge is -2.47. The summed E-state index contributed by atoms with van der Waals surface area (Å²) in [7, 11) is 0. The Morgan fingerprint density at radius 1 is 0.900 bits per heavy atom. The van der Waals surface area contributed by atoms with Gasteiger partial charge in [0.25, 0.3) is 0 Å². The van der Waals surface area contributed by atoms with Crippen molar-refractivity contribution in [2.75, 3.05) is 31.1 Å². The Labute approximate surface area is 226 Å². The molecule has 2 aromatic rings. The van der Waals surface area contributed by atoms with Gasteiger partial charge in [-0.3, -0.25) is 9.88 Å². The number of aromatic nitrogens is 3. The molecule has 0 unspecified atom stereocenters. The molecular formula is C25H31F6N5O4. The molecule has 1 spiro atoms. The van der Waals surface area contributed by atoms with Crippen molar-refractivity contribution in [3.63, 3.8) is 0 Å². The fourth-order valence-corrected chi connectivity index (χ4v) is 4.45. The lowest BCUT2D eigenvalue weighted by Crippen LogP contribution is -2.49. The fraction of sp³-hybridized carbons (Fsp3) is 0.560. The first kappa shape index (κ1) is 32.7. The second kappa shape index (κ2) is 14.2. The third-order valence-electron chi connectivity index (χ3n) is 6.54. The third kappa shape index (κ3) is 10.6. The summed E-state index contributed by atoms with van der Waals surface area (Å²) in [6.45, 7) is 7.67. The standard InChI is InChI=1S/C21H29N5.2C2HF3O2/c1-2-18-14-23-20(24-15-18)26-12-8-21(9-13-26)7-5-11-25(17-21)16-19-6-3-4-10-22-19;2*3-2(4,5)1(6)7/h3-4,6,10,14-15H,2,5,7-9,11-13,16-17H2,1H3;2*(H,6,7). The van der Waals surface area contributed by atoms with Gasteiger partial charge in [0.2, 0.25) is 5.95 Å². The molecule has 0 aliphatic carbocycles. The quantitative estimate of drug-likeness (QED) is 0.502. The van der Waals surface area contributed by atoms with Crippen molar-refractivity contribution < 1.29 is 46.1 Å². The maximum atomic E-state index is 10.6. The largest absolute Gasteiger partial charge is 0.490 e. The predicted molar refractivity (Wildman–Crippen MR) is 131 cm³/mol. The Hall–Kier alpha value is -3.49. The Morgan fingerprint density at radius 2 is 1.45 bits per heavy atom. The van der Waals surface area contributed by atoms with Gasteiger partial charge < -0.3 is 15.1 Å². The van der Waals surface area contributed by atoms with Crippen molar-refractivity contribution in [3.05, 3.63) is 48.0 Å². The van der Waals surface area contributed by atoms with Gasteiger partial charge in [-0.05, 0) is 61.8 Å². The molecule has 0 radical (unpaired) electrons. The van der Waals surface area contributed by atoms with E-state index in [4.69, 9.17) is 19.8 Å². The van der Waals surface area contributed by atoms with Crippen molar-refractivity contribution in [1.82, 2.24) is 19.9 Å². The number of anilines is 1. The lowest BCUT2D eigenvalue weighted by molar-refractivity contribution is -0.193. The van der Waals surface area contributed by atoms with Crippen LogP contribution in [0.25, 0.3) is 0 Å². The molecule has 9 nitrogen and oxygen atoms in total. The Balaban J connectivity index is 0.000000333. The highest BCUT2D eigenvalue weighted by Crippen LogP contribution is 2.40. The zero-order valence-electron chi connectivity index (χ0n) is 21.7. The highest BCUT2D eigenvalue weighted by atomic mass is 19.4. The van der Waals surface area contributed by atoms with Gasteiger partial charge in [-0.15, -0.1) is 0 Å². The number of rotatable bonds is 4. The number of aryl methyl sites for hydroxylation is 1. The monoisotopic (exact) mass is 579 g/mol. The van der Waals surface area contributed by atoms with Crippen molar-refractivity contribution in [3.8, 4) is 0 Å². The van der Waals surface area contributed by atoms with E-state index in [1.165, 1.54) is 50.0 Å². The maximum absolute atomic E-state index is 10.6. The molecule has 4 heterocycles. The number of carboxylic acids is 2. The van der Waals surface area contributed by atoms with Crippen molar-refractivity contribution in [2.24, 2.45) is 5.41 Å². The van der Waals surface area contributed by atoms with E-state index in [0.29, 0.717) is 5.41 Å². The van der Waals surface area contributed by atoms with Gasteiger partial charge in [0, 0.05) is 44.8 Å². The number of carbonyl (C=O) groups is 2. The topological polar surface area (TPSA) is 120 Å². The molecule has 2 fully saturated rings. The van der Waals surface area contributed by atoms with Crippen molar-refractivity contribution in [2.45, 2.75) is 57.9 Å². The average Bonchev–Trinajstić information content (AvgIpc) is 2.90. The molecule has 0 saturated carbocycles. The van der Waals surface area contributed by atoms with E-state index in [9.17, 15) is 26.3 Å². The second-order valence-electron chi connectivity index (χ2n) is 9.47. The molecule has 0 atom stereocenters. The van der Waals surface area contributed by atoms with Gasteiger partial charge in [-0.25, -0.2) is 19.6 Å². The van der Waals surface area contributed by atoms with Gasteiger partial charge in [-0.1, -0.05) is 13.0 Å². The van der Waals surface area contributed by atoms with E-state index in [2.05, 4.69) is 43.8 Å². The summed E-state index contributed by atoms with van der Waals surface area (Å²) >= 11 is 0. The lowest BCUT2D eigenvalue weighted by atomic mass is 9.72. The van der Waals surface area contributed by atoms with Gasteiger partial charge in [0.05, 0.1) is 5.69 Å². The SMILES string of the molecule is CCc1cnc(N2CCC3(CCCN(Cc4ccccn4)C3)CC2)nc1.O=C(O)C(F)(F)F.O=C(O)C(F)(F)F. The molecule has 0 bridgehead atoms. The summed E-state index contributed by atoms with van der Waals surface area (Å²) in [6, 6.07) is 6.22. The molecule has 2 aromatic heterocycles. The summed E-state index contributed by atoms with van der Waals surface area (Å²) in [5, 5.41) is 14.2. The summed E-state index contributed by atoms with van der Waals surface area (Å²) in [4.78, 5) is 36.4. The minimum Gasteiger partial charge on any atom is -0.475 e. The molecule has 0 amide bonds. The molecule has 40 heavy (non-hydrogen) atoms. The molecule has 0 aromatic carbocycles. The van der Waals surface area contributed by atoms with Crippen LogP contribution in [0.5, 0.6) is 0 Å². The smallest absolute Gasteiger partial charge is 0.475 e. The average molecular weight is 580 g/mol. The molecule has 4 rings (SSSR count). The van der Waals surface area contributed by atoms with Gasteiger partial charge in [0.15, 0.2) is 0 Å². The normalized spacial score (nSPS) is 17.2. The van der Waals surface area contributed by atoms with Crippen LogP contribution in [0.1, 0.15) is 43.9 Å². The summed E-state index contributed by atoms with van der Waals surface area (Å²) in [6.07, 6.45) is 1.82. The number of halogens is 6. The Bertz CT molecular complexity index is 1050. The zero-order chi connectivity index (χ0) is 30.0. The number of hydrogen-bond donors (Lipinski definition) is 2. The number of likely N-dealkylation sites (tertiary alicyclic amines) is 1. The maximum Gasteiger partial charge on any atom is 0.490 e.